The van der Waals surface area contributed by atoms with E-state index in [1.807, 2.05) is 24.3 Å². The quantitative estimate of drug-likeness (QED) is 0.916. The van der Waals surface area contributed by atoms with Crippen molar-refractivity contribution < 1.29 is 14.6 Å². The van der Waals surface area contributed by atoms with E-state index in [2.05, 4.69) is 6.92 Å². The largest absolute Gasteiger partial charge is 0.484 e. The predicted octanol–water partition coefficient (Wildman–Crippen LogP) is 2.00. The average Bonchev–Trinajstić information content (AvgIpc) is 2.44. The molecule has 1 amide bonds. The van der Waals surface area contributed by atoms with Gasteiger partial charge in [-0.3, -0.25) is 4.79 Å². The van der Waals surface area contributed by atoms with E-state index >= 15 is 0 Å². The van der Waals surface area contributed by atoms with E-state index < -0.39 is 5.60 Å². The number of amides is 1. The van der Waals surface area contributed by atoms with Crippen molar-refractivity contribution in [3.05, 3.63) is 29.8 Å². The first-order valence-electron chi connectivity index (χ1n) is 7.22. The van der Waals surface area contributed by atoms with E-state index in [9.17, 15) is 9.90 Å². The van der Waals surface area contributed by atoms with Gasteiger partial charge in [-0.25, -0.2) is 0 Å². The van der Waals surface area contributed by atoms with Crippen LogP contribution in [0.25, 0.3) is 0 Å². The Labute approximate surface area is 120 Å². The maximum absolute atomic E-state index is 12.1. The number of carbonyl (C=O) groups excluding carboxylic acids is 1. The van der Waals surface area contributed by atoms with Gasteiger partial charge in [0.2, 0.25) is 0 Å². The SMILES string of the molecule is CCc1ccc(OCC(=O)N2CCCC(C)(O)C2)cc1. The van der Waals surface area contributed by atoms with Gasteiger partial charge < -0.3 is 14.7 Å². The molecule has 1 fully saturated rings. The molecular formula is C16H23NO3. The number of rotatable bonds is 4. The highest BCUT2D eigenvalue weighted by Gasteiger charge is 2.30. The number of hydrogen-bond donors (Lipinski definition) is 1. The van der Waals surface area contributed by atoms with E-state index in [0.29, 0.717) is 18.8 Å². The molecule has 1 heterocycles. The number of nitrogens with zero attached hydrogens (tertiary/aromatic N) is 1. The summed E-state index contributed by atoms with van der Waals surface area (Å²) < 4.78 is 5.52. The molecule has 1 unspecified atom stereocenters. The summed E-state index contributed by atoms with van der Waals surface area (Å²) in [6.07, 6.45) is 2.57. The number of likely N-dealkylation sites (tertiary alicyclic amines) is 1. The summed E-state index contributed by atoms with van der Waals surface area (Å²) in [4.78, 5) is 13.8. The van der Waals surface area contributed by atoms with Crippen molar-refractivity contribution in [1.29, 1.82) is 0 Å². The molecule has 0 radical (unpaired) electrons. The highest BCUT2D eigenvalue weighted by Crippen LogP contribution is 2.20. The van der Waals surface area contributed by atoms with E-state index in [0.717, 1.165) is 19.3 Å². The molecule has 1 aromatic rings. The summed E-state index contributed by atoms with van der Waals surface area (Å²) in [6.45, 7) is 5.00. The number of carbonyl (C=O) groups is 1. The Morgan fingerprint density at radius 3 is 2.70 bits per heavy atom. The zero-order chi connectivity index (χ0) is 14.6. The maximum Gasteiger partial charge on any atom is 0.260 e. The van der Waals surface area contributed by atoms with E-state index in [4.69, 9.17) is 4.74 Å². The minimum atomic E-state index is -0.767. The van der Waals surface area contributed by atoms with Gasteiger partial charge in [-0.2, -0.15) is 0 Å². The molecule has 0 aromatic heterocycles. The second-order valence-corrected chi connectivity index (χ2v) is 5.70. The van der Waals surface area contributed by atoms with Gasteiger partial charge in [0, 0.05) is 13.1 Å². The Kier molecular flexibility index (Phi) is 4.65. The summed E-state index contributed by atoms with van der Waals surface area (Å²) >= 11 is 0. The average molecular weight is 277 g/mol. The zero-order valence-electron chi connectivity index (χ0n) is 12.3. The Bertz CT molecular complexity index is 453. The topological polar surface area (TPSA) is 49.8 Å². The fourth-order valence-corrected chi connectivity index (χ4v) is 2.49. The van der Waals surface area contributed by atoms with Gasteiger partial charge in [0.25, 0.3) is 5.91 Å². The van der Waals surface area contributed by atoms with Gasteiger partial charge in [-0.1, -0.05) is 19.1 Å². The van der Waals surface area contributed by atoms with Crippen LogP contribution in [0.15, 0.2) is 24.3 Å². The van der Waals surface area contributed by atoms with Crippen molar-refractivity contribution in [2.75, 3.05) is 19.7 Å². The molecule has 4 heteroatoms. The van der Waals surface area contributed by atoms with Crippen LogP contribution in [-0.2, 0) is 11.2 Å². The van der Waals surface area contributed by atoms with Gasteiger partial charge in [-0.05, 0) is 43.9 Å². The normalized spacial score (nSPS) is 22.6. The molecule has 0 bridgehead atoms. The first-order chi connectivity index (χ1) is 9.50. The van der Waals surface area contributed by atoms with Gasteiger partial charge in [0.15, 0.2) is 6.61 Å². The number of β-amino-alcohol motifs (C(OH)–C–C–N with tert-alkyl or cyclic N) is 1. The van der Waals surface area contributed by atoms with Crippen molar-refractivity contribution in [3.63, 3.8) is 0 Å². The van der Waals surface area contributed by atoms with Crippen molar-refractivity contribution in [3.8, 4) is 5.75 Å². The summed E-state index contributed by atoms with van der Waals surface area (Å²) in [6, 6.07) is 7.79. The first-order valence-corrected chi connectivity index (χ1v) is 7.22. The molecule has 1 saturated heterocycles. The summed E-state index contributed by atoms with van der Waals surface area (Å²) in [5, 5.41) is 10.0. The minimum absolute atomic E-state index is 0.0293. The van der Waals surface area contributed by atoms with E-state index in [1.54, 1.807) is 11.8 Å². The van der Waals surface area contributed by atoms with Crippen LogP contribution in [0.3, 0.4) is 0 Å². The van der Waals surface area contributed by atoms with Crippen molar-refractivity contribution in [1.82, 2.24) is 4.90 Å². The predicted molar refractivity (Wildman–Crippen MR) is 77.8 cm³/mol. The monoisotopic (exact) mass is 277 g/mol. The van der Waals surface area contributed by atoms with Crippen LogP contribution in [0.1, 0.15) is 32.3 Å². The highest BCUT2D eigenvalue weighted by atomic mass is 16.5. The van der Waals surface area contributed by atoms with Crippen LogP contribution in [0, 0.1) is 0 Å². The Balaban J connectivity index is 1.85. The third-order valence-corrected chi connectivity index (χ3v) is 3.72. The van der Waals surface area contributed by atoms with Crippen LogP contribution in [0.5, 0.6) is 5.75 Å². The fraction of sp³-hybridized carbons (Fsp3) is 0.562. The number of hydrogen-bond acceptors (Lipinski definition) is 3. The fourth-order valence-electron chi connectivity index (χ4n) is 2.49. The minimum Gasteiger partial charge on any atom is -0.484 e. The van der Waals surface area contributed by atoms with Gasteiger partial charge in [-0.15, -0.1) is 0 Å². The molecule has 1 aliphatic heterocycles. The van der Waals surface area contributed by atoms with Crippen LogP contribution in [0.2, 0.25) is 0 Å². The molecule has 1 aromatic carbocycles. The number of piperidine rings is 1. The molecule has 1 atom stereocenters. The van der Waals surface area contributed by atoms with Crippen LogP contribution < -0.4 is 4.74 Å². The van der Waals surface area contributed by atoms with Crippen LogP contribution in [0.4, 0.5) is 0 Å². The Morgan fingerprint density at radius 1 is 1.40 bits per heavy atom. The van der Waals surface area contributed by atoms with Gasteiger partial charge in [0.05, 0.1) is 5.60 Å². The number of aliphatic hydroxyl groups is 1. The molecular weight excluding hydrogens is 254 g/mol. The maximum atomic E-state index is 12.1. The third-order valence-electron chi connectivity index (χ3n) is 3.72. The molecule has 0 aliphatic carbocycles. The number of aryl methyl sites for hydroxylation is 1. The molecule has 2 rings (SSSR count). The van der Waals surface area contributed by atoms with Crippen molar-refractivity contribution >= 4 is 5.91 Å². The van der Waals surface area contributed by atoms with Crippen molar-refractivity contribution in [2.45, 2.75) is 38.7 Å². The second kappa shape index (κ2) is 6.27. The van der Waals surface area contributed by atoms with Crippen LogP contribution in [-0.4, -0.2) is 41.2 Å². The lowest BCUT2D eigenvalue weighted by Crippen LogP contribution is -2.49. The highest BCUT2D eigenvalue weighted by molar-refractivity contribution is 5.78. The Morgan fingerprint density at radius 2 is 2.10 bits per heavy atom. The number of ether oxygens (including phenoxy) is 1. The third kappa shape index (κ3) is 3.97. The molecule has 0 saturated carbocycles. The zero-order valence-corrected chi connectivity index (χ0v) is 12.3. The van der Waals surface area contributed by atoms with Gasteiger partial charge >= 0.3 is 0 Å². The molecule has 110 valence electrons. The molecule has 0 spiro atoms. The molecule has 4 nitrogen and oxygen atoms in total. The molecule has 1 N–H and O–H groups in total. The lowest BCUT2D eigenvalue weighted by atomic mass is 9.95. The lowest BCUT2D eigenvalue weighted by molar-refractivity contribution is -0.139. The number of benzene rings is 1. The standard InChI is InChI=1S/C16H23NO3/c1-3-13-5-7-14(8-6-13)20-11-15(18)17-10-4-9-16(2,19)12-17/h5-8,19H,3-4,9-12H2,1-2H3. The van der Waals surface area contributed by atoms with E-state index in [-0.39, 0.29) is 12.5 Å². The van der Waals surface area contributed by atoms with E-state index in [1.165, 1.54) is 5.56 Å². The molecule has 1 aliphatic rings. The summed E-state index contributed by atoms with van der Waals surface area (Å²) in [5.74, 6) is 0.642. The van der Waals surface area contributed by atoms with Crippen LogP contribution >= 0.6 is 0 Å². The Hall–Kier alpha value is -1.55. The van der Waals surface area contributed by atoms with Gasteiger partial charge in [0.1, 0.15) is 5.75 Å². The first kappa shape index (κ1) is 14.9. The van der Waals surface area contributed by atoms with Crippen molar-refractivity contribution in [2.24, 2.45) is 0 Å². The summed E-state index contributed by atoms with van der Waals surface area (Å²) in [7, 11) is 0. The second-order valence-electron chi connectivity index (χ2n) is 5.70. The summed E-state index contributed by atoms with van der Waals surface area (Å²) in [5.41, 5.74) is 0.479. The lowest BCUT2D eigenvalue weighted by Gasteiger charge is -2.36. The smallest absolute Gasteiger partial charge is 0.260 e. The molecule has 20 heavy (non-hydrogen) atoms.